The zero-order valence-electron chi connectivity index (χ0n) is 11.0. The number of ether oxygens (including phenoxy) is 3. The van der Waals surface area contributed by atoms with Crippen LogP contribution in [0.5, 0.6) is 0 Å². The lowest BCUT2D eigenvalue weighted by Gasteiger charge is -2.42. The Morgan fingerprint density at radius 1 is 1.33 bits per heavy atom. The second-order valence-corrected chi connectivity index (χ2v) is 5.29. The summed E-state index contributed by atoms with van der Waals surface area (Å²) in [4.78, 5) is 0. The predicted octanol–water partition coefficient (Wildman–Crippen LogP) is 1.13. The van der Waals surface area contributed by atoms with Gasteiger partial charge in [0.2, 0.25) is 6.41 Å². The molecule has 1 unspecified atom stereocenters. The number of aliphatic hydroxyl groups is 1. The van der Waals surface area contributed by atoms with Crippen LogP contribution in [0.15, 0.2) is 12.7 Å². The van der Waals surface area contributed by atoms with E-state index in [1.807, 2.05) is 0 Å². The maximum Gasteiger partial charge on any atom is 0.214 e. The van der Waals surface area contributed by atoms with Crippen molar-refractivity contribution in [3.63, 3.8) is 0 Å². The predicted molar refractivity (Wildman–Crippen MR) is 66.8 cm³/mol. The third kappa shape index (κ3) is 3.30. The van der Waals surface area contributed by atoms with E-state index < -0.39 is 6.41 Å². The van der Waals surface area contributed by atoms with Gasteiger partial charge in [0.25, 0.3) is 0 Å². The Bertz CT molecular complexity index is 279. The number of aliphatic hydroxyl groups excluding tert-OH is 1. The summed E-state index contributed by atoms with van der Waals surface area (Å²) < 4.78 is 16.5. The Morgan fingerprint density at radius 3 is 2.50 bits per heavy atom. The highest BCUT2D eigenvalue weighted by Gasteiger charge is 2.44. The van der Waals surface area contributed by atoms with Crippen molar-refractivity contribution in [1.82, 2.24) is 5.32 Å². The van der Waals surface area contributed by atoms with Gasteiger partial charge in [-0.1, -0.05) is 6.08 Å². The van der Waals surface area contributed by atoms with Crippen LogP contribution in [-0.2, 0) is 14.2 Å². The minimum Gasteiger partial charge on any atom is -0.356 e. The standard InChI is InChI=1S/C13H23NO4/c1-3-8-16-11(15)14-12(2)4-6-13(7-5-12)17-9-10-18-13/h3,11,14-15H,1,4-10H2,2H3. The van der Waals surface area contributed by atoms with Gasteiger partial charge in [-0.05, 0) is 19.8 Å². The molecular formula is C13H23NO4. The lowest BCUT2D eigenvalue weighted by atomic mass is 9.80. The van der Waals surface area contributed by atoms with E-state index in [-0.39, 0.29) is 11.3 Å². The summed E-state index contributed by atoms with van der Waals surface area (Å²) in [5, 5.41) is 12.8. The molecule has 1 saturated carbocycles. The van der Waals surface area contributed by atoms with Crippen LogP contribution in [-0.4, -0.2) is 42.7 Å². The van der Waals surface area contributed by atoms with Gasteiger partial charge in [0.1, 0.15) is 0 Å². The third-order valence-electron chi connectivity index (χ3n) is 3.77. The van der Waals surface area contributed by atoms with E-state index in [1.54, 1.807) is 6.08 Å². The quantitative estimate of drug-likeness (QED) is 0.571. The molecule has 1 aliphatic heterocycles. The topological polar surface area (TPSA) is 60.0 Å². The van der Waals surface area contributed by atoms with Crippen molar-refractivity contribution in [2.45, 2.75) is 50.3 Å². The van der Waals surface area contributed by atoms with E-state index >= 15 is 0 Å². The molecule has 5 heteroatoms. The Kier molecular flexibility index (Phi) is 4.40. The van der Waals surface area contributed by atoms with Gasteiger partial charge in [0, 0.05) is 18.4 Å². The molecule has 1 saturated heterocycles. The van der Waals surface area contributed by atoms with Crippen molar-refractivity contribution in [3.05, 3.63) is 12.7 Å². The summed E-state index contributed by atoms with van der Waals surface area (Å²) in [5.74, 6) is -0.367. The van der Waals surface area contributed by atoms with Crippen LogP contribution in [0, 0.1) is 0 Å². The van der Waals surface area contributed by atoms with Crippen LogP contribution in [0.3, 0.4) is 0 Å². The molecule has 1 heterocycles. The number of rotatable bonds is 5. The summed E-state index contributed by atoms with van der Waals surface area (Å²) in [7, 11) is 0. The molecule has 2 aliphatic rings. The largest absolute Gasteiger partial charge is 0.356 e. The summed E-state index contributed by atoms with van der Waals surface area (Å²) >= 11 is 0. The Balaban J connectivity index is 1.81. The van der Waals surface area contributed by atoms with Crippen molar-refractivity contribution in [2.75, 3.05) is 19.8 Å². The highest BCUT2D eigenvalue weighted by molar-refractivity contribution is 4.93. The van der Waals surface area contributed by atoms with E-state index in [2.05, 4.69) is 18.8 Å². The summed E-state index contributed by atoms with van der Waals surface area (Å²) in [6, 6.07) is 0. The van der Waals surface area contributed by atoms with E-state index in [1.165, 1.54) is 0 Å². The fourth-order valence-electron chi connectivity index (χ4n) is 2.61. The normalized spacial score (nSPS) is 27.2. The average molecular weight is 257 g/mol. The zero-order chi connectivity index (χ0) is 13.1. The second-order valence-electron chi connectivity index (χ2n) is 5.29. The van der Waals surface area contributed by atoms with Crippen molar-refractivity contribution in [2.24, 2.45) is 0 Å². The van der Waals surface area contributed by atoms with Gasteiger partial charge in [-0.2, -0.15) is 0 Å². The molecule has 1 atom stereocenters. The monoisotopic (exact) mass is 257 g/mol. The SMILES string of the molecule is C=CCOC(O)NC1(C)CCC2(CC1)OCCO2. The van der Waals surface area contributed by atoms with Crippen LogP contribution in [0.1, 0.15) is 32.6 Å². The lowest BCUT2D eigenvalue weighted by Crippen LogP contribution is -2.54. The summed E-state index contributed by atoms with van der Waals surface area (Å²) in [6.07, 6.45) is 4.15. The summed E-state index contributed by atoms with van der Waals surface area (Å²) in [6.45, 7) is 7.35. The molecule has 104 valence electrons. The second kappa shape index (κ2) is 5.67. The first-order valence-corrected chi connectivity index (χ1v) is 6.54. The van der Waals surface area contributed by atoms with E-state index in [0.717, 1.165) is 25.7 Å². The molecule has 1 aliphatic carbocycles. The lowest BCUT2D eigenvalue weighted by molar-refractivity contribution is -0.194. The Morgan fingerprint density at radius 2 is 1.94 bits per heavy atom. The Hall–Kier alpha value is -0.460. The molecule has 0 aromatic carbocycles. The molecule has 0 amide bonds. The zero-order valence-corrected chi connectivity index (χ0v) is 11.0. The maximum atomic E-state index is 9.71. The molecule has 0 radical (unpaired) electrons. The molecule has 0 bridgehead atoms. The molecule has 2 fully saturated rings. The van der Waals surface area contributed by atoms with Crippen LogP contribution in [0.25, 0.3) is 0 Å². The van der Waals surface area contributed by atoms with Gasteiger partial charge >= 0.3 is 0 Å². The first-order chi connectivity index (χ1) is 8.58. The van der Waals surface area contributed by atoms with Crippen molar-refractivity contribution >= 4 is 0 Å². The Labute approximate surface area is 108 Å². The van der Waals surface area contributed by atoms with Crippen LogP contribution >= 0.6 is 0 Å². The minimum absolute atomic E-state index is 0.138. The molecule has 2 N–H and O–H groups in total. The molecule has 18 heavy (non-hydrogen) atoms. The highest BCUT2D eigenvalue weighted by Crippen LogP contribution is 2.40. The van der Waals surface area contributed by atoms with Gasteiger partial charge in [-0.3, -0.25) is 5.32 Å². The van der Waals surface area contributed by atoms with Gasteiger partial charge in [0.05, 0.1) is 19.8 Å². The van der Waals surface area contributed by atoms with Crippen molar-refractivity contribution < 1.29 is 19.3 Å². The maximum absolute atomic E-state index is 9.71. The summed E-state index contributed by atoms with van der Waals surface area (Å²) in [5.41, 5.74) is -0.138. The average Bonchev–Trinajstić information content (AvgIpc) is 2.80. The third-order valence-corrected chi connectivity index (χ3v) is 3.77. The van der Waals surface area contributed by atoms with E-state index in [4.69, 9.17) is 14.2 Å². The fraction of sp³-hybridized carbons (Fsp3) is 0.846. The van der Waals surface area contributed by atoms with Gasteiger partial charge in [-0.15, -0.1) is 6.58 Å². The highest BCUT2D eigenvalue weighted by atomic mass is 16.7. The number of hydrogen-bond donors (Lipinski definition) is 2. The molecule has 0 aromatic heterocycles. The first-order valence-electron chi connectivity index (χ1n) is 6.54. The van der Waals surface area contributed by atoms with Gasteiger partial charge in [-0.25, -0.2) is 0 Å². The van der Waals surface area contributed by atoms with E-state index in [0.29, 0.717) is 19.8 Å². The van der Waals surface area contributed by atoms with Crippen molar-refractivity contribution in [3.8, 4) is 0 Å². The molecule has 2 rings (SSSR count). The molecular weight excluding hydrogens is 234 g/mol. The van der Waals surface area contributed by atoms with Crippen LogP contribution in [0.2, 0.25) is 0 Å². The molecule has 1 spiro atoms. The van der Waals surface area contributed by atoms with Crippen LogP contribution < -0.4 is 5.32 Å². The fourth-order valence-corrected chi connectivity index (χ4v) is 2.61. The van der Waals surface area contributed by atoms with Crippen LogP contribution in [0.4, 0.5) is 0 Å². The first kappa shape index (κ1) is 14.0. The van der Waals surface area contributed by atoms with Gasteiger partial charge in [0.15, 0.2) is 5.79 Å². The number of nitrogens with one attached hydrogen (secondary N) is 1. The van der Waals surface area contributed by atoms with E-state index in [9.17, 15) is 5.11 Å². The number of hydrogen-bond acceptors (Lipinski definition) is 5. The van der Waals surface area contributed by atoms with Crippen molar-refractivity contribution in [1.29, 1.82) is 0 Å². The molecule has 0 aromatic rings. The minimum atomic E-state index is -0.951. The molecule has 5 nitrogen and oxygen atoms in total. The smallest absolute Gasteiger partial charge is 0.214 e. The van der Waals surface area contributed by atoms with Gasteiger partial charge < -0.3 is 19.3 Å².